The summed E-state index contributed by atoms with van der Waals surface area (Å²) in [5, 5.41) is 14.7. The van der Waals surface area contributed by atoms with Crippen LogP contribution in [0, 0.1) is 25.7 Å². The van der Waals surface area contributed by atoms with Gasteiger partial charge in [0, 0.05) is 25.2 Å². The van der Waals surface area contributed by atoms with Crippen LogP contribution < -0.4 is 9.47 Å². The predicted octanol–water partition coefficient (Wildman–Crippen LogP) is 2.95. The van der Waals surface area contributed by atoms with Crippen LogP contribution in [-0.4, -0.2) is 47.6 Å². The Bertz CT molecular complexity index is 771. The fourth-order valence-electron chi connectivity index (χ4n) is 4.57. The van der Waals surface area contributed by atoms with E-state index in [9.17, 15) is 5.11 Å². The molecule has 0 spiro atoms. The summed E-state index contributed by atoms with van der Waals surface area (Å²) in [6.07, 6.45) is 1.00. The summed E-state index contributed by atoms with van der Waals surface area (Å²) in [4.78, 5) is 2.46. The average Bonchev–Trinajstić information content (AvgIpc) is 3.19. The highest BCUT2D eigenvalue weighted by Gasteiger charge is 2.43. The van der Waals surface area contributed by atoms with Crippen molar-refractivity contribution < 1.29 is 19.1 Å². The minimum atomic E-state index is -0.449. The molecule has 2 heterocycles. The standard InChI is InChI=1S/C21H28N2O4/c1-13-17(14(2)27-22-13)12-23-10-15-8-18(24)21(9-16(15)11-23)26-20-7-5-4-6-19(20)25-3/h4-7,15-16,18,21,24H,8-12H2,1-3H3/t15-,16+,18+,21+/m0/s1. The molecule has 6 nitrogen and oxygen atoms in total. The lowest BCUT2D eigenvalue weighted by Gasteiger charge is -2.35. The van der Waals surface area contributed by atoms with E-state index in [1.165, 1.54) is 5.56 Å². The summed E-state index contributed by atoms with van der Waals surface area (Å²) in [7, 11) is 1.64. The SMILES string of the molecule is COc1ccccc1O[C@@H]1C[C@@H]2CN(Cc3c(C)noc3C)C[C@@H]2C[C@H]1O. The van der Waals surface area contributed by atoms with E-state index in [1.807, 2.05) is 38.1 Å². The molecule has 146 valence electrons. The predicted molar refractivity (Wildman–Crippen MR) is 101 cm³/mol. The lowest BCUT2D eigenvalue weighted by Crippen LogP contribution is -2.42. The molecule has 4 rings (SSSR count). The monoisotopic (exact) mass is 372 g/mol. The van der Waals surface area contributed by atoms with Crippen molar-refractivity contribution in [2.45, 2.75) is 45.4 Å². The van der Waals surface area contributed by atoms with Crippen molar-refractivity contribution in [3.63, 3.8) is 0 Å². The van der Waals surface area contributed by atoms with Crippen LogP contribution in [0.4, 0.5) is 0 Å². The van der Waals surface area contributed by atoms with Gasteiger partial charge in [-0.3, -0.25) is 4.90 Å². The summed E-state index contributed by atoms with van der Waals surface area (Å²) in [6, 6.07) is 7.63. The highest BCUT2D eigenvalue weighted by molar-refractivity contribution is 5.39. The summed E-state index contributed by atoms with van der Waals surface area (Å²) in [5.74, 6) is 3.36. The first kappa shape index (κ1) is 18.3. The van der Waals surface area contributed by atoms with Crippen LogP contribution in [0.1, 0.15) is 29.9 Å². The van der Waals surface area contributed by atoms with Crippen LogP contribution in [0.5, 0.6) is 11.5 Å². The third-order valence-electron chi connectivity index (χ3n) is 6.07. The quantitative estimate of drug-likeness (QED) is 0.870. The molecule has 1 aromatic carbocycles. The molecule has 1 aromatic heterocycles. The van der Waals surface area contributed by atoms with Gasteiger partial charge in [-0.1, -0.05) is 17.3 Å². The zero-order valence-corrected chi connectivity index (χ0v) is 16.2. The topological polar surface area (TPSA) is 68.0 Å². The first-order chi connectivity index (χ1) is 13.0. The van der Waals surface area contributed by atoms with Crippen molar-refractivity contribution in [1.82, 2.24) is 10.1 Å². The van der Waals surface area contributed by atoms with Crippen LogP contribution >= 0.6 is 0 Å². The molecule has 6 heteroatoms. The molecule has 1 aliphatic carbocycles. The second kappa shape index (κ2) is 7.52. The van der Waals surface area contributed by atoms with E-state index in [1.54, 1.807) is 7.11 Å². The van der Waals surface area contributed by atoms with Crippen molar-refractivity contribution in [3.05, 3.63) is 41.3 Å². The fraction of sp³-hybridized carbons (Fsp3) is 0.571. The van der Waals surface area contributed by atoms with Gasteiger partial charge in [0.2, 0.25) is 0 Å². The molecule has 2 aliphatic rings. The second-order valence-corrected chi connectivity index (χ2v) is 7.86. The maximum absolute atomic E-state index is 10.7. The molecule has 1 aliphatic heterocycles. The Hall–Kier alpha value is -2.05. The van der Waals surface area contributed by atoms with E-state index >= 15 is 0 Å². The third-order valence-corrected chi connectivity index (χ3v) is 6.07. The lowest BCUT2D eigenvalue weighted by atomic mass is 9.78. The summed E-state index contributed by atoms with van der Waals surface area (Å²) < 4.78 is 16.8. The third kappa shape index (κ3) is 3.69. The van der Waals surface area contributed by atoms with Crippen LogP contribution in [0.3, 0.4) is 0 Å². The van der Waals surface area contributed by atoms with Gasteiger partial charge in [-0.2, -0.15) is 0 Å². The van der Waals surface area contributed by atoms with Crippen LogP contribution in [0.15, 0.2) is 28.8 Å². The number of hydrogen-bond acceptors (Lipinski definition) is 6. The summed E-state index contributed by atoms with van der Waals surface area (Å²) in [5.41, 5.74) is 2.16. The van der Waals surface area contributed by atoms with Crippen LogP contribution in [0.25, 0.3) is 0 Å². The maximum Gasteiger partial charge on any atom is 0.161 e. The Balaban J connectivity index is 1.41. The van der Waals surface area contributed by atoms with Gasteiger partial charge in [0.15, 0.2) is 11.5 Å². The summed E-state index contributed by atoms with van der Waals surface area (Å²) >= 11 is 0. The van der Waals surface area contributed by atoms with E-state index in [2.05, 4.69) is 10.1 Å². The zero-order valence-electron chi connectivity index (χ0n) is 16.2. The van der Waals surface area contributed by atoms with Gasteiger partial charge in [-0.05, 0) is 50.7 Å². The number of nitrogens with zero attached hydrogens (tertiary/aromatic N) is 2. The zero-order chi connectivity index (χ0) is 19.0. The second-order valence-electron chi connectivity index (χ2n) is 7.86. The van der Waals surface area contributed by atoms with Gasteiger partial charge in [0.05, 0.1) is 18.9 Å². The Morgan fingerprint density at radius 1 is 1.15 bits per heavy atom. The lowest BCUT2D eigenvalue weighted by molar-refractivity contribution is -0.0240. The van der Waals surface area contributed by atoms with Crippen molar-refractivity contribution in [2.75, 3.05) is 20.2 Å². The van der Waals surface area contributed by atoms with Gasteiger partial charge in [-0.25, -0.2) is 0 Å². The molecule has 1 N–H and O–H groups in total. The number of aromatic nitrogens is 1. The molecule has 0 amide bonds. The number of aryl methyl sites for hydroxylation is 2. The highest BCUT2D eigenvalue weighted by Crippen LogP contribution is 2.39. The number of ether oxygens (including phenoxy) is 2. The molecule has 0 unspecified atom stereocenters. The van der Waals surface area contributed by atoms with Gasteiger partial charge in [-0.15, -0.1) is 0 Å². The number of benzene rings is 1. The normalized spacial score (nSPS) is 28.1. The van der Waals surface area contributed by atoms with E-state index < -0.39 is 6.10 Å². The molecule has 4 atom stereocenters. The fourth-order valence-corrected chi connectivity index (χ4v) is 4.57. The largest absolute Gasteiger partial charge is 0.493 e. The van der Waals surface area contributed by atoms with Crippen LogP contribution in [-0.2, 0) is 6.54 Å². The minimum absolute atomic E-state index is 0.193. The van der Waals surface area contributed by atoms with Crippen molar-refractivity contribution >= 4 is 0 Å². The molecular weight excluding hydrogens is 344 g/mol. The molecule has 2 aromatic rings. The molecule has 27 heavy (non-hydrogen) atoms. The van der Waals surface area contributed by atoms with E-state index in [-0.39, 0.29) is 6.10 Å². The Labute approximate surface area is 160 Å². The minimum Gasteiger partial charge on any atom is -0.493 e. The van der Waals surface area contributed by atoms with E-state index in [0.717, 1.165) is 43.9 Å². The maximum atomic E-state index is 10.7. The van der Waals surface area contributed by atoms with E-state index in [4.69, 9.17) is 14.0 Å². The number of likely N-dealkylation sites (tertiary alicyclic amines) is 1. The van der Waals surface area contributed by atoms with Crippen molar-refractivity contribution in [2.24, 2.45) is 11.8 Å². The molecule has 1 saturated carbocycles. The van der Waals surface area contributed by atoms with E-state index in [0.29, 0.717) is 23.3 Å². The number of para-hydroxylation sites is 2. The van der Waals surface area contributed by atoms with Gasteiger partial charge < -0.3 is 19.1 Å². The van der Waals surface area contributed by atoms with Gasteiger partial charge in [0.25, 0.3) is 0 Å². The van der Waals surface area contributed by atoms with Crippen molar-refractivity contribution in [1.29, 1.82) is 0 Å². The molecule has 0 bridgehead atoms. The number of rotatable bonds is 5. The Morgan fingerprint density at radius 3 is 2.52 bits per heavy atom. The number of fused-ring (bicyclic) bond motifs is 1. The highest BCUT2D eigenvalue weighted by atomic mass is 16.5. The first-order valence-electron chi connectivity index (χ1n) is 9.67. The number of methoxy groups -OCH3 is 1. The average molecular weight is 372 g/mol. The molecule has 0 radical (unpaired) electrons. The van der Waals surface area contributed by atoms with Crippen LogP contribution in [0.2, 0.25) is 0 Å². The number of hydrogen-bond donors (Lipinski definition) is 1. The Morgan fingerprint density at radius 2 is 1.85 bits per heavy atom. The number of aliphatic hydroxyl groups is 1. The summed E-state index contributed by atoms with van der Waals surface area (Å²) in [6.45, 7) is 6.86. The molecule has 1 saturated heterocycles. The van der Waals surface area contributed by atoms with Crippen molar-refractivity contribution in [3.8, 4) is 11.5 Å². The smallest absolute Gasteiger partial charge is 0.161 e. The number of aliphatic hydroxyl groups excluding tert-OH is 1. The first-order valence-corrected chi connectivity index (χ1v) is 9.67. The van der Waals surface area contributed by atoms with Gasteiger partial charge >= 0.3 is 0 Å². The van der Waals surface area contributed by atoms with Gasteiger partial charge in [0.1, 0.15) is 11.9 Å². The molecule has 2 fully saturated rings. The Kier molecular flexibility index (Phi) is 5.10. The molecular formula is C21H28N2O4.